The Balaban J connectivity index is 1.60. The highest BCUT2D eigenvalue weighted by atomic mass is 79.9. The summed E-state index contributed by atoms with van der Waals surface area (Å²) in [4.78, 5) is 1.55. The number of thiophene rings is 1. The minimum Gasteiger partial charge on any atom is -0.310 e. The van der Waals surface area contributed by atoms with Crippen LogP contribution in [0.2, 0.25) is 0 Å². The Morgan fingerprint density at radius 3 is 3.26 bits per heavy atom. The van der Waals surface area contributed by atoms with Crippen molar-refractivity contribution < 1.29 is 0 Å². The number of nitrogens with zero attached hydrogens (tertiary/aromatic N) is 2. The van der Waals surface area contributed by atoms with Crippen molar-refractivity contribution in [2.75, 3.05) is 6.54 Å². The molecule has 1 unspecified atom stereocenters. The fraction of sp³-hybridized carbons (Fsp3) is 0.500. The average molecular weight is 340 g/mol. The van der Waals surface area contributed by atoms with Gasteiger partial charge in [0.15, 0.2) is 0 Å². The van der Waals surface area contributed by atoms with E-state index in [9.17, 15) is 0 Å². The molecular weight excluding hydrogens is 322 g/mol. The summed E-state index contributed by atoms with van der Waals surface area (Å²) in [5.41, 5.74) is 2.79. The van der Waals surface area contributed by atoms with Gasteiger partial charge in [0.05, 0.1) is 3.79 Å². The van der Waals surface area contributed by atoms with E-state index in [0.29, 0.717) is 6.04 Å². The van der Waals surface area contributed by atoms with Crippen molar-refractivity contribution in [3.05, 3.63) is 38.3 Å². The third-order valence-electron chi connectivity index (χ3n) is 3.78. The molecule has 2 heterocycles. The van der Waals surface area contributed by atoms with Gasteiger partial charge in [-0.15, -0.1) is 11.3 Å². The molecule has 1 atom stereocenters. The highest BCUT2D eigenvalue weighted by Crippen LogP contribution is 2.37. The summed E-state index contributed by atoms with van der Waals surface area (Å²) in [5, 5.41) is 7.91. The molecule has 19 heavy (non-hydrogen) atoms. The third kappa shape index (κ3) is 2.93. The van der Waals surface area contributed by atoms with Gasteiger partial charge in [-0.2, -0.15) is 5.10 Å². The molecule has 0 fully saturated rings. The maximum Gasteiger partial charge on any atom is 0.0704 e. The first-order chi connectivity index (χ1) is 9.24. The van der Waals surface area contributed by atoms with Crippen molar-refractivity contribution in [3.8, 4) is 0 Å². The van der Waals surface area contributed by atoms with E-state index in [4.69, 9.17) is 0 Å². The summed E-state index contributed by atoms with van der Waals surface area (Å²) in [6.07, 6.45) is 6.69. The topological polar surface area (TPSA) is 29.9 Å². The SMILES string of the molecule is Cn1nccc1CCNC1CCCc2sc(Br)cc21. The van der Waals surface area contributed by atoms with Crippen molar-refractivity contribution in [1.82, 2.24) is 15.1 Å². The lowest BCUT2D eigenvalue weighted by Gasteiger charge is -2.23. The number of hydrogen-bond acceptors (Lipinski definition) is 3. The standard InChI is InChI=1S/C14H18BrN3S/c1-18-10(6-8-17-18)5-7-16-12-3-2-4-13-11(12)9-14(15)19-13/h6,8-9,12,16H,2-5,7H2,1H3. The highest BCUT2D eigenvalue weighted by Gasteiger charge is 2.21. The third-order valence-corrected chi connectivity index (χ3v) is 5.49. The molecule has 0 spiro atoms. The molecular formula is C14H18BrN3S. The molecule has 1 aliphatic carbocycles. The summed E-state index contributed by atoms with van der Waals surface area (Å²) >= 11 is 5.50. The summed E-state index contributed by atoms with van der Waals surface area (Å²) in [6.45, 7) is 1.01. The van der Waals surface area contributed by atoms with Crippen LogP contribution in [0.3, 0.4) is 0 Å². The predicted molar refractivity (Wildman–Crippen MR) is 82.6 cm³/mol. The summed E-state index contributed by atoms with van der Waals surface area (Å²) < 4.78 is 3.22. The molecule has 2 aromatic rings. The second-order valence-corrected chi connectivity index (χ2v) is 7.54. The molecule has 0 saturated carbocycles. The Morgan fingerprint density at radius 2 is 2.47 bits per heavy atom. The van der Waals surface area contributed by atoms with Gasteiger partial charge >= 0.3 is 0 Å². The van der Waals surface area contributed by atoms with Crippen molar-refractivity contribution in [3.63, 3.8) is 0 Å². The normalized spacial score (nSPS) is 18.5. The van der Waals surface area contributed by atoms with Gasteiger partial charge in [-0.05, 0) is 52.9 Å². The molecule has 0 aromatic carbocycles. The molecule has 5 heteroatoms. The Morgan fingerprint density at radius 1 is 1.58 bits per heavy atom. The van der Waals surface area contributed by atoms with E-state index in [-0.39, 0.29) is 0 Å². The Kier molecular flexibility index (Phi) is 4.05. The van der Waals surface area contributed by atoms with E-state index in [0.717, 1.165) is 13.0 Å². The lowest BCUT2D eigenvalue weighted by atomic mass is 9.94. The van der Waals surface area contributed by atoms with Crippen LogP contribution in [0.25, 0.3) is 0 Å². The van der Waals surface area contributed by atoms with Crippen LogP contribution in [0.4, 0.5) is 0 Å². The molecule has 0 radical (unpaired) electrons. The van der Waals surface area contributed by atoms with E-state index in [2.05, 4.69) is 38.5 Å². The van der Waals surface area contributed by atoms with Crippen molar-refractivity contribution >= 4 is 27.3 Å². The van der Waals surface area contributed by atoms with E-state index >= 15 is 0 Å². The minimum absolute atomic E-state index is 0.527. The number of aromatic nitrogens is 2. The van der Waals surface area contributed by atoms with Gasteiger partial charge in [0.1, 0.15) is 0 Å². The quantitative estimate of drug-likeness (QED) is 0.924. The smallest absolute Gasteiger partial charge is 0.0704 e. The molecule has 0 saturated heterocycles. The zero-order valence-electron chi connectivity index (χ0n) is 11.0. The maximum atomic E-state index is 4.21. The summed E-state index contributed by atoms with van der Waals surface area (Å²) in [6, 6.07) is 4.91. The van der Waals surface area contributed by atoms with E-state index < -0.39 is 0 Å². The molecule has 2 aromatic heterocycles. The van der Waals surface area contributed by atoms with Crippen LogP contribution in [-0.2, 0) is 19.9 Å². The van der Waals surface area contributed by atoms with Crippen LogP contribution >= 0.6 is 27.3 Å². The van der Waals surface area contributed by atoms with Gasteiger partial charge in [-0.3, -0.25) is 4.68 Å². The van der Waals surface area contributed by atoms with Gasteiger partial charge in [-0.1, -0.05) is 0 Å². The molecule has 102 valence electrons. The van der Waals surface area contributed by atoms with Gasteiger partial charge in [-0.25, -0.2) is 0 Å². The molecule has 1 N–H and O–H groups in total. The predicted octanol–water partition coefficient (Wildman–Crippen LogP) is 3.45. The van der Waals surface area contributed by atoms with Crippen LogP contribution in [0.15, 0.2) is 22.1 Å². The number of aryl methyl sites for hydroxylation is 2. The lowest BCUT2D eigenvalue weighted by molar-refractivity contribution is 0.463. The molecule has 1 aliphatic rings. The fourth-order valence-corrected chi connectivity index (χ4v) is 4.57. The fourth-order valence-electron chi connectivity index (χ4n) is 2.75. The maximum absolute atomic E-state index is 4.21. The minimum atomic E-state index is 0.527. The first-order valence-corrected chi connectivity index (χ1v) is 8.33. The Bertz CT molecular complexity index is 561. The first kappa shape index (κ1) is 13.3. The van der Waals surface area contributed by atoms with Gasteiger partial charge in [0, 0.05) is 42.8 Å². The average Bonchev–Trinajstić information content (AvgIpc) is 2.95. The lowest BCUT2D eigenvalue weighted by Crippen LogP contribution is -2.26. The zero-order valence-corrected chi connectivity index (χ0v) is 13.4. The van der Waals surface area contributed by atoms with Gasteiger partial charge < -0.3 is 5.32 Å². The Hall–Kier alpha value is -0.650. The molecule has 0 amide bonds. The molecule has 0 bridgehead atoms. The second kappa shape index (κ2) is 5.77. The molecule has 3 rings (SSSR count). The monoisotopic (exact) mass is 339 g/mol. The summed E-state index contributed by atoms with van der Waals surface area (Å²) in [7, 11) is 2.00. The van der Waals surface area contributed by atoms with Crippen LogP contribution in [0.5, 0.6) is 0 Å². The number of rotatable bonds is 4. The number of halogens is 1. The van der Waals surface area contributed by atoms with Crippen LogP contribution in [-0.4, -0.2) is 16.3 Å². The Labute approximate surface area is 126 Å². The molecule has 3 nitrogen and oxygen atoms in total. The highest BCUT2D eigenvalue weighted by molar-refractivity contribution is 9.11. The van der Waals surface area contributed by atoms with Crippen molar-refractivity contribution in [2.45, 2.75) is 31.7 Å². The van der Waals surface area contributed by atoms with Gasteiger partial charge in [0.2, 0.25) is 0 Å². The number of hydrogen-bond donors (Lipinski definition) is 1. The number of fused-ring (bicyclic) bond motifs is 1. The van der Waals surface area contributed by atoms with Crippen LogP contribution < -0.4 is 5.32 Å². The largest absolute Gasteiger partial charge is 0.310 e. The van der Waals surface area contributed by atoms with E-state index in [1.54, 1.807) is 4.88 Å². The zero-order chi connectivity index (χ0) is 13.2. The van der Waals surface area contributed by atoms with Crippen molar-refractivity contribution in [2.24, 2.45) is 7.05 Å². The summed E-state index contributed by atoms with van der Waals surface area (Å²) in [5.74, 6) is 0. The molecule has 0 aliphatic heterocycles. The number of nitrogens with one attached hydrogen (secondary N) is 1. The van der Waals surface area contributed by atoms with Crippen molar-refractivity contribution in [1.29, 1.82) is 0 Å². The second-order valence-electron chi connectivity index (χ2n) is 5.02. The van der Waals surface area contributed by atoms with Gasteiger partial charge in [0.25, 0.3) is 0 Å². The van der Waals surface area contributed by atoms with Crippen LogP contribution in [0.1, 0.15) is 35.0 Å². The first-order valence-electron chi connectivity index (χ1n) is 6.72. The van der Waals surface area contributed by atoms with E-state index in [1.165, 1.54) is 34.3 Å². The van der Waals surface area contributed by atoms with Crippen LogP contribution in [0, 0.1) is 0 Å². The van der Waals surface area contributed by atoms with E-state index in [1.807, 2.05) is 29.3 Å².